The van der Waals surface area contributed by atoms with Crippen molar-refractivity contribution in [1.29, 1.82) is 0 Å². The summed E-state index contributed by atoms with van der Waals surface area (Å²) >= 11 is 3.39. The average molecular weight is 310 g/mol. The lowest BCUT2D eigenvalue weighted by Gasteiger charge is -2.17. The van der Waals surface area contributed by atoms with Crippen molar-refractivity contribution in [3.05, 3.63) is 28.9 Å². The molecule has 0 fully saturated rings. The standard InChI is InChI=1S/C13H16BrN3O/c1-2-9(7-18)17-12-4-3-11(15)10-5-8(14)6-16-13(10)12/h3-6,9,17-18H,2,7,15H2,1H3. The number of nitrogens with two attached hydrogens (primary N) is 1. The fraction of sp³-hybridized carbons (Fsp3) is 0.308. The Morgan fingerprint density at radius 3 is 2.94 bits per heavy atom. The first kappa shape index (κ1) is 13.1. The third-order valence-corrected chi connectivity index (χ3v) is 3.36. The minimum Gasteiger partial charge on any atom is -0.398 e. The number of nitrogens with zero attached hydrogens (tertiary/aromatic N) is 1. The second-order valence-electron chi connectivity index (χ2n) is 4.18. The van der Waals surface area contributed by atoms with E-state index in [0.717, 1.165) is 27.5 Å². The van der Waals surface area contributed by atoms with Crippen LogP contribution in [0.3, 0.4) is 0 Å². The molecule has 0 aliphatic carbocycles. The van der Waals surface area contributed by atoms with Gasteiger partial charge in [0, 0.05) is 27.8 Å². The molecular weight excluding hydrogens is 294 g/mol. The van der Waals surface area contributed by atoms with Gasteiger partial charge in [-0.3, -0.25) is 4.98 Å². The summed E-state index contributed by atoms with van der Waals surface area (Å²) in [6.45, 7) is 2.12. The maximum Gasteiger partial charge on any atom is 0.0954 e. The number of fused-ring (bicyclic) bond motifs is 1. The van der Waals surface area contributed by atoms with Crippen molar-refractivity contribution >= 4 is 38.2 Å². The van der Waals surface area contributed by atoms with Crippen LogP contribution in [0, 0.1) is 0 Å². The van der Waals surface area contributed by atoms with Crippen LogP contribution in [0.15, 0.2) is 28.9 Å². The van der Waals surface area contributed by atoms with Gasteiger partial charge in [-0.15, -0.1) is 0 Å². The van der Waals surface area contributed by atoms with Gasteiger partial charge in [-0.25, -0.2) is 0 Å². The summed E-state index contributed by atoms with van der Waals surface area (Å²) < 4.78 is 0.896. The number of benzene rings is 1. The summed E-state index contributed by atoms with van der Waals surface area (Å²) in [7, 11) is 0. The van der Waals surface area contributed by atoms with E-state index in [1.54, 1.807) is 6.20 Å². The molecule has 4 N–H and O–H groups in total. The number of pyridine rings is 1. The van der Waals surface area contributed by atoms with Crippen molar-refractivity contribution < 1.29 is 5.11 Å². The van der Waals surface area contributed by atoms with Crippen molar-refractivity contribution in [2.45, 2.75) is 19.4 Å². The molecule has 18 heavy (non-hydrogen) atoms. The summed E-state index contributed by atoms with van der Waals surface area (Å²) in [5.74, 6) is 0. The highest BCUT2D eigenvalue weighted by molar-refractivity contribution is 9.10. The molecule has 1 unspecified atom stereocenters. The largest absolute Gasteiger partial charge is 0.398 e. The fourth-order valence-corrected chi connectivity index (χ4v) is 2.16. The van der Waals surface area contributed by atoms with Gasteiger partial charge in [0.05, 0.1) is 17.8 Å². The van der Waals surface area contributed by atoms with Crippen molar-refractivity contribution in [2.75, 3.05) is 17.7 Å². The van der Waals surface area contributed by atoms with Crippen LogP contribution in [-0.4, -0.2) is 22.7 Å². The monoisotopic (exact) mass is 309 g/mol. The number of aliphatic hydroxyl groups excluding tert-OH is 1. The van der Waals surface area contributed by atoms with Gasteiger partial charge in [0.25, 0.3) is 0 Å². The second-order valence-corrected chi connectivity index (χ2v) is 5.10. The lowest BCUT2D eigenvalue weighted by molar-refractivity contribution is 0.272. The molecule has 0 bridgehead atoms. The number of rotatable bonds is 4. The summed E-state index contributed by atoms with van der Waals surface area (Å²) in [6, 6.07) is 5.73. The molecule has 0 amide bonds. The number of halogens is 1. The number of aromatic nitrogens is 1. The maximum atomic E-state index is 9.24. The van der Waals surface area contributed by atoms with Crippen molar-refractivity contribution in [3.8, 4) is 0 Å². The molecule has 1 heterocycles. The molecule has 96 valence electrons. The van der Waals surface area contributed by atoms with E-state index < -0.39 is 0 Å². The van der Waals surface area contributed by atoms with Gasteiger partial charge in [-0.05, 0) is 40.5 Å². The molecule has 2 aromatic rings. The lowest BCUT2D eigenvalue weighted by Crippen LogP contribution is -2.22. The van der Waals surface area contributed by atoms with Crippen LogP contribution in [0.2, 0.25) is 0 Å². The van der Waals surface area contributed by atoms with Crippen LogP contribution in [-0.2, 0) is 0 Å². The molecule has 1 aromatic heterocycles. The third-order valence-electron chi connectivity index (χ3n) is 2.92. The molecule has 1 aromatic carbocycles. The zero-order valence-electron chi connectivity index (χ0n) is 10.2. The van der Waals surface area contributed by atoms with Crippen molar-refractivity contribution in [2.24, 2.45) is 0 Å². The zero-order valence-corrected chi connectivity index (χ0v) is 11.7. The molecule has 2 rings (SSSR count). The van der Waals surface area contributed by atoms with Crippen LogP contribution in [0.4, 0.5) is 11.4 Å². The van der Waals surface area contributed by atoms with E-state index >= 15 is 0 Å². The fourth-order valence-electron chi connectivity index (χ4n) is 1.83. The normalized spacial score (nSPS) is 12.6. The van der Waals surface area contributed by atoms with Gasteiger partial charge >= 0.3 is 0 Å². The molecule has 0 aliphatic heterocycles. The second kappa shape index (κ2) is 5.54. The molecule has 5 heteroatoms. The number of hydrogen-bond donors (Lipinski definition) is 3. The number of hydrogen-bond acceptors (Lipinski definition) is 4. The van der Waals surface area contributed by atoms with Gasteiger partial charge in [-0.2, -0.15) is 0 Å². The van der Waals surface area contributed by atoms with Crippen molar-refractivity contribution in [3.63, 3.8) is 0 Å². The zero-order chi connectivity index (χ0) is 13.1. The van der Waals surface area contributed by atoms with E-state index in [1.165, 1.54) is 0 Å². The van der Waals surface area contributed by atoms with E-state index in [1.807, 2.05) is 25.1 Å². The Hall–Kier alpha value is -1.33. The van der Waals surface area contributed by atoms with E-state index in [2.05, 4.69) is 26.2 Å². The van der Waals surface area contributed by atoms with Crippen LogP contribution in [0.1, 0.15) is 13.3 Å². The Morgan fingerprint density at radius 2 is 2.28 bits per heavy atom. The van der Waals surface area contributed by atoms with Crippen molar-refractivity contribution in [1.82, 2.24) is 4.98 Å². The van der Waals surface area contributed by atoms with Gasteiger partial charge in [-0.1, -0.05) is 6.92 Å². The van der Waals surface area contributed by atoms with Gasteiger partial charge in [0.15, 0.2) is 0 Å². The third kappa shape index (κ3) is 2.57. The number of nitrogens with one attached hydrogen (secondary N) is 1. The van der Waals surface area contributed by atoms with Gasteiger partial charge in [0.1, 0.15) is 0 Å². The predicted octanol–water partition coefficient (Wildman–Crippen LogP) is 2.76. The average Bonchev–Trinajstić information content (AvgIpc) is 2.38. The number of anilines is 2. The van der Waals surface area contributed by atoms with Crippen LogP contribution in [0.25, 0.3) is 10.9 Å². The lowest BCUT2D eigenvalue weighted by atomic mass is 10.1. The molecular formula is C13H16BrN3O. The molecule has 0 saturated heterocycles. The number of nitrogen functional groups attached to an aromatic ring is 1. The Labute approximate surface area is 114 Å². The Balaban J connectivity index is 2.49. The molecule has 0 spiro atoms. The smallest absolute Gasteiger partial charge is 0.0954 e. The van der Waals surface area contributed by atoms with E-state index in [4.69, 9.17) is 5.73 Å². The summed E-state index contributed by atoms with van der Waals surface area (Å²) in [4.78, 5) is 4.39. The SMILES string of the molecule is CCC(CO)Nc1ccc(N)c2cc(Br)cnc12. The quantitative estimate of drug-likeness (QED) is 0.759. The van der Waals surface area contributed by atoms with Crippen LogP contribution < -0.4 is 11.1 Å². The minimum absolute atomic E-state index is 0.0299. The summed E-state index contributed by atoms with van der Waals surface area (Å²) in [5.41, 5.74) is 8.37. The first-order chi connectivity index (χ1) is 8.65. The predicted molar refractivity (Wildman–Crippen MR) is 78.6 cm³/mol. The Kier molecular flexibility index (Phi) is 4.04. The molecule has 0 radical (unpaired) electrons. The highest BCUT2D eigenvalue weighted by Crippen LogP contribution is 2.29. The van der Waals surface area contributed by atoms with Gasteiger partial charge < -0.3 is 16.2 Å². The Bertz CT molecular complexity index is 555. The molecule has 1 atom stereocenters. The molecule has 0 aliphatic rings. The van der Waals surface area contributed by atoms with Gasteiger partial charge in [0.2, 0.25) is 0 Å². The van der Waals surface area contributed by atoms with Crippen LogP contribution >= 0.6 is 15.9 Å². The first-order valence-corrected chi connectivity index (χ1v) is 6.66. The molecule has 0 saturated carbocycles. The van der Waals surface area contributed by atoms with E-state index in [0.29, 0.717) is 5.69 Å². The first-order valence-electron chi connectivity index (χ1n) is 5.86. The summed E-state index contributed by atoms with van der Waals surface area (Å²) in [5, 5.41) is 13.4. The minimum atomic E-state index is 0.0299. The maximum absolute atomic E-state index is 9.24. The highest BCUT2D eigenvalue weighted by Gasteiger charge is 2.10. The highest BCUT2D eigenvalue weighted by atomic mass is 79.9. The number of aliphatic hydroxyl groups is 1. The molecule has 4 nitrogen and oxygen atoms in total. The van der Waals surface area contributed by atoms with E-state index in [9.17, 15) is 5.11 Å². The van der Waals surface area contributed by atoms with Crippen LogP contribution in [0.5, 0.6) is 0 Å². The van der Waals surface area contributed by atoms with E-state index in [-0.39, 0.29) is 12.6 Å². The summed E-state index contributed by atoms with van der Waals surface area (Å²) in [6.07, 6.45) is 2.59. The topological polar surface area (TPSA) is 71.2 Å². The Morgan fingerprint density at radius 1 is 1.50 bits per heavy atom.